The van der Waals surface area contributed by atoms with Crippen molar-refractivity contribution in [3.63, 3.8) is 0 Å². The molecule has 0 bridgehead atoms. The number of likely N-dealkylation sites (tertiary alicyclic amines) is 1. The van der Waals surface area contributed by atoms with Gasteiger partial charge >= 0.3 is 0 Å². The quantitative estimate of drug-likeness (QED) is 0.607. The summed E-state index contributed by atoms with van der Waals surface area (Å²) in [6, 6.07) is 8.36. The Morgan fingerprint density at radius 1 is 1.14 bits per heavy atom. The number of para-hydroxylation sites is 1. The van der Waals surface area contributed by atoms with E-state index in [1.54, 1.807) is 0 Å². The largest absolute Gasteiger partial charge is 0.492 e. The molecule has 1 saturated heterocycles. The Balaban J connectivity index is 1.78. The van der Waals surface area contributed by atoms with E-state index in [9.17, 15) is 0 Å². The SMILES string of the molecule is CCCCC/C=C/c1ccccc1OCCN1CCCC1. The summed E-state index contributed by atoms with van der Waals surface area (Å²) in [6.45, 7) is 6.56. The van der Waals surface area contributed by atoms with Gasteiger partial charge in [-0.1, -0.05) is 50.1 Å². The van der Waals surface area contributed by atoms with Crippen LogP contribution in [0.5, 0.6) is 5.75 Å². The average molecular weight is 287 g/mol. The highest BCUT2D eigenvalue weighted by Gasteiger charge is 2.11. The number of allylic oxidation sites excluding steroid dienone is 1. The van der Waals surface area contributed by atoms with E-state index in [-0.39, 0.29) is 0 Å². The number of benzene rings is 1. The molecule has 1 aliphatic heterocycles. The molecule has 0 atom stereocenters. The van der Waals surface area contributed by atoms with E-state index in [0.717, 1.165) is 25.3 Å². The lowest BCUT2D eigenvalue weighted by molar-refractivity contribution is 0.237. The zero-order valence-corrected chi connectivity index (χ0v) is 13.4. The second-order valence-corrected chi connectivity index (χ2v) is 5.83. The van der Waals surface area contributed by atoms with Crippen LogP contribution in [-0.2, 0) is 0 Å². The summed E-state index contributed by atoms with van der Waals surface area (Å²) in [7, 11) is 0. The van der Waals surface area contributed by atoms with Crippen molar-refractivity contribution in [3.05, 3.63) is 35.9 Å². The Kier molecular flexibility index (Phi) is 7.37. The van der Waals surface area contributed by atoms with Crippen molar-refractivity contribution in [2.45, 2.75) is 45.4 Å². The van der Waals surface area contributed by atoms with Crippen LogP contribution in [-0.4, -0.2) is 31.1 Å². The Bertz CT molecular complexity index is 421. The molecule has 0 unspecified atom stereocenters. The summed E-state index contributed by atoms with van der Waals surface area (Å²) in [4.78, 5) is 2.49. The number of hydrogen-bond acceptors (Lipinski definition) is 2. The van der Waals surface area contributed by atoms with Crippen LogP contribution in [0.15, 0.2) is 30.3 Å². The van der Waals surface area contributed by atoms with E-state index < -0.39 is 0 Å². The monoisotopic (exact) mass is 287 g/mol. The van der Waals surface area contributed by atoms with Crippen molar-refractivity contribution in [3.8, 4) is 5.75 Å². The van der Waals surface area contributed by atoms with Gasteiger partial charge in [0.05, 0.1) is 0 Å². The fourth-order valence-corrected chi connectivity index (χ4v) is 2.76. The van der Waals surface area contributed by atoms with Crippen LogP contribution in [0.25, 0.3) is 6.08 Å². The summed E-state index contributed by atoms with van der Waals surface area (Å²) in [5, 5.41) is 0. The molecular weight excluding hydrogens is 258 g/mol. The van der Waals surface area contributed by atoms with Gasteiger partial charge in [-0.2, -0.15) is 0 Å². The van der Waals surface area contributed by atoms with Gasteiger partial charge in [0, 0.05) is 12.1 Å². The number of rotatable bonds is 9. The molecule has 1 heterocycles. The van der Waals surface area contributed by atoms with E-state index in [4.69, 9.17) is 4.74 Å². The highest BCUT2D eigenvalue weighted by atomic mass is 16.5. The minimum atomic E-state index is 0.792. The highest BCUT2D eigenvalue weighted by Crippen LogP contribution is 2.20. The van der Waals surface area contributed by atoms with Crippen molar-refractivity contribution in [1.82, 2.24) is 4.90 Å². The first kappa shape index (κ1) is 16.1. The average Bonchev–Trinajstić information content (AvgIpc) is 3.02. The third-order valence-corrected chi connectivity index (χ3v) is 4.05. The maximum Gasteiger partial charge on any atom is 0.126 e. The minimum absolute atomic E-state index is 0.792. The van der Waals surface area contributed by atoms with E-state index >= 15 is 0 Å². The third-order valence-electron chi connectivity index (χ3n) is 4.05. The Morgan fingerprint density at radius 2 is 1.95 bits per heavy atom. The fraction of sp³-hybridized carbons (Fsp3) is 0.579. The van der Waals surface area contributed by atoms with Gasteiger partial charge in [-0.3, -0.25) is 4.90 Å². The van der Waals surface area contributed by atoms with Crippen LogP contribution >= 0.6 is 0 Å². The van der Waals surface area contributed by atoms with Gasteiger partial charge in [0.1, 0.15) is 12.4 Å². The van der Waals surface area contributed by atoms with Gasteiger partial charge in [0.2, 0.25) is 0 Å². The molecular formula is C19H29NO. The molecule has 1 fully saturated rings. The van der Waals surface area contributed by atoms with Gasteiger partial charge in [-0.15, -0.1) is 0 Å². The third kappa shape index (κ3) is 5.92. The molecule has 2 nitrogen and oxygen atoms in total. The second-order valence-electron chi connectivity index (χ2n) is 5.83. The van der Waals surface area contributed by atoms with Crippen molar-refractivity contribution in [2.75, 3.05) is 26.2 Å². The van der Waals surface area contributed by atoms with E-state index in [1.165, 1.54) is 50.8 Å². The molecule has 0 saturated carbocycles. The highest BCUT2D eigenvalue weighted by molar-refractivity contribution is 5.57. The van der Waals surface area contributed by atoms with Crippen LogP contribution in [0, 0.1) is 0 Å². The first-order valence-electron chi connectivity index (χ1n) is 8.51. The van der Waals surface area contributed by atoms with Gasteiger partial charge in [-0.05, 0) is 44.8 Å². The maximum absolute atomic E-state index is 5.98. The predicted octanol–water partition coefficient (Wildman–Crippen LogP) is 4.75. The van der Waals surface area contributed by atoms with Crippen molar-refractivity contribution in [2.24, 2.45) is 0 Å². The standard InChI is InChI=1S/C19H29NO/c1-2-3-4-5-6-11-18-12-7-8-13-19(18)21-17-16-20-14-9-10-15-20/h6-8,11-13H,2-5,9-10,14-17H2,1H3/b11-6+. The topological polar surface area (TPSA) is 12.5 Å². The molecule has 1 aromatic rings. The maximum atomic E-state index is 5.98. The van der Waals surface area contributed by atoms with Crippen LogP contribution in [0.2, 0.25) is 0 Å². The molecule has 0 spiro atoms. The molecule has 21 heavy (non-hydrogen) atoms. The van der Waals surface area contributed by atoms with Crippen molar-refractivity contribution in [1.29, 1.82) is 0 Å². The molecule has 0 amide bonds. The van der Waals surface area contributed by atoms with Crippen molar-refractivity contribution < 1.29 is 4.74 Å². The van der Waals surface area contributed by atoms with Crippen LogP contribution in [0.4, 0.5) is 0 Å². The fourth-order valence-electron chi connectivity index (χ4n) is 2.76. The minimum Gasteiger partial charge on any atom is -0.492 e. The lowest BCUT2D eigenvalue weighted by atomic mass is 10.1. The van der Waals surface area contributed by atoms with Crippen LogP contribution in [0.3, 0.4) is 0 Å². The molecule has 0 aromatic heterocycles. The molecule has 1 aromatic carbocycles. The predicted molar refractivity (Wildman–Crippen MR) is 90.8 cm³/mol. The van der Waals surface area contributed by atoms with Crippen LogP contribution in [0.1, 0.15) is 51.0 Å². The molecule has 1 aliphatic rings. The zero-order chi connectivity index (χ0) is 14.8. The van der Waals surface area contributed by atoms with Crippen molar-refractivity contribution >= 4 is 6.08 Å². The van der Waals surface area contributed by atoms with Crippen LogP contribution < -0.4 is 4.74 Å². The number of ether oxygens (including phenoxy) is 1. The van der Waals surface area contributed by atoms with Gasteiger partial charge < -0.3 is 4.74 Å². The number of nitrogens with zero attached hydrogens (tertiary/aromatic N) is 1. The Labute approximate surface area is 129 Å². The van der Waals surface area contributed by atoms with E-state index in [2.05, 4.69) is 48.2 Å². The summed E-state index contributed by atoms with van der Waals surface area (Å²) < 4.78 is 5.98. The molecule has 0 radical (unpaired) electrons. The van der Waals surface area contributed by atoms with E-state index in [1.807, 2.05) is 0 Å². The first-order valence-corrected chi connectivity index (χ1v) is 8.51. The smallest absolute Gasteiger partial charge is 0.126 e. The summed E-state index contributed by atoms with van der Waals surface area (Å²) in [6.07, 6.45) is 12.2. The van der Waals surface area contributed by atoms with Gasteiger partial charge in [0.25, 0.3) is 0 Å². The molecule has 2 heteroatoms. The molecule has 2 rings (SSSR count). The molecule has 0 N–H and O–H groups in total. The van der Waals surface area contributed by atoms with E-state index in [0.29, 0.717) is 0 Å². The number of unbranched alkanes of at least 4 members (excludes halogenated alkanes) is 3. The zero-order valence-electron chi connectivity index (χ0n) is 13.4. The lowest BCUT2D eigenvalue weighted by Crippen LogP contribution is -2.25. The Hall–Kier alpha value is -1.28. The Morgan fingerprint density at radius 3 is 2.76 bits per heavy atom. The summed E-state index contributed by atoms with van der Waals surface area (Å²) in [5.74, 6) is 1.02. The van der Waals surface area contributed by atoms with Gasteiger partial charge in [-0.25, -0.2) is 0 Å². The normalized spacial score (nSPS) is 15.9. The first-order chi connectivity index (χ1) is 10.4. The summed E-state index contributed by atoms with van der Waals surface area (Å²) >= 11 is 0. The lowest BCUT2D eigenvalue weighted by Gasteiger charge is -2.15. The molecule has 0 aliphatic carbocycles. The number of hydrogen-bond donors (Lipinski definition) is 0. The van der Waals surface area contributed by atoms with Gasteiger partial charge in [0.15, 0.2) is 0 Å². The second kappa shape index (κ2) is 9.62. The summed E-state index contributed by atoms with van der Waals surface area (Å²) in [5.41, 5.74) is 1.20. The molecule has 116 valence electrons.